The van der Waals surface area contributed by atoms with Gasteiger partial charge in [-0.15, -0.1) is 0 Å². The van der Waals surface area contributed by atoms with Crippen molar-refractivity contribution in [1.82, 2.24) is 4.90 Å². The predicted molar refractivity (Wildman–Crippen MR) is 87.4 cm³/mol. The van der Waals surface area contributed by atoms with Crippen molar-refractivity contribution in [3.05, 3.63) is 29.0 Å². The van der Waals surface area contributed by atoms with Gasteiger partial charge < -0.3 is 14.4 Å². The lowest BCUT2D eigenvalue weighted by molar-refractivity contribution is 0.0164. The zero-order chi connectivity index (χ0) is 17.0. The molecule has 0 atom stereocenters. The highest BCUT2D eigenvalue weighted by atomic mass is 35.5. The van der Waals surface area contributed by atoms with Crippen LogP contribution in [-0.4, -0.2) is 36.3 Å². The molecule has 0 N–H and O–H groups in total. The fourth-order valence-electron chi connectivity index (χ4n) is 2.41. The molecule has 23 heavy (non-hydrogen) atoms. The second-order valence-electron chi connectivity index (χ2n) is 6.80. The van der Waals surface area contributed by atoms with E-state index in [1.807, 2.05) is 20.8 Å². The Morgan fingerprint density at radius 2 is 2.00 bits per heavy atom. The number of rotatable bonds is 3. The summed E-state index contributed by atoms with van der Waals surface area (Å²) in [6.07, 6.45) is 1.35. The molecule has 1 amide bonds. The van der Waals surface area contributed by atoms with Gasteiger partial charge >= 0.3 is 6.09 Å². The average Bonchev–Trinajstić information content (AvgIpc) is 2.45. The van der Waals surface area contributed by atoms with Gasteiger partial charge in [0.1, 0.15) is 5.60 Å². The minimum atomic E-state index is -0.483. The summed E-state index contributed by atoms with van der Waals surface area (Å²) in [5, 5.41) is 0.348. The van der Waals surface area contributed by atoms with E-state index in [0.717, 1.165) is 12.8 Å². The maximum atomic E-state index is 13.7. The molecule has 0 aliphatic carbocycles. The number of amides is 1. The molecule has 1 heterocycles. The molecule has 1 saturated heterocycles. The number of hydrogen-bond donors (Lipinski definition) is 0. The van der Waals surface area contributed by atoms with E-state index in [9.17, 15) is 9.18 Å². The third-order valence-electron chi connectivity index (χ3n) is 3.63. The number of likely N-dealkylation sites (tertiary alicyclic amines) is 1. The first-order valence-electron chi connectivity index (χ1n) is 7.80. The van der Waals surface area contributed by atoms with Crippen LogP contribution >= 0.6 is 11.6 Å². The van der Waals surface area contributed by atoms with Gasteiger partial charge in [0, 0.05) is 18.1 Å². The van der Waals surface area contributed by atoms with E-state index in [4.69, 9.17) is 21.1 Å². The first kappa shape index (κ1) is 17.9. The Hall–Kier alpha value is -1.49. The minimum absolute atomic E-state index is 0.212. The fourth-order valence-corrected chi connectivity index (χ4v) is 2.57. The van der Waals surface area contributed by atoms with E-state index < -0.39 is 11.4 Å². The average molecular weight is 344 g/mol. The molecule has 0 radical (unpaired) electrons. The topological polar surface area (TPSA) is 38.8 Å². The molecular formula is C17H23ClFNO3. The molecule has 1 aliphatic rings. The SMILES string of the molecule is CC(C)(C)OC(=O)N1CCC(COc2ccc(Cl)cc2F)CC1. The van der Waals surface area contributed by atoms with E-state index in [0.29, 0.717) is 30.6 Å². The smallest absolute Gasteiger partial charge is 0.410 e. The molecule has 0 spiro atoms. The van der Waals surface area contributed by atoms with Crippen molar-refractivity contribution in [1.29, 1.82) is 0 Å². The summed E-state index contributed by atoms with van der Waals surface area (Å²) in [5.74, 6) is 0.0522. The van der Waals surface area contributed by atoms with Gasteiger partial charge in [0.05, 0.1) is 6.61 Å². The summed E-state index contributed by atoms with van der Waals surface area (Å²) in [6.45, 7) is 7.25. The highest BCUT2D eigenvalue weighted by Gasteiger charge is 2.27. The van der Waals surface area contributed by atoms with Gasteiger partial charge in [-0.1, -0.05) is 11.6 Å². The Morgan fingerprint density at radius 3 is 2.57 bits per heavy atom. The van der Waals surface area contributed by atoms with Crippen LogP contribution in [0.15, 0.2) is 18.2 Å². The van der Waals surface area contributed by atoms with Gasteiger partial charge in [0.15, 0.2) is 11.6 Å². The Kier molecular flexibility index (Phi) is 5.74. The van der Waals surface area contributed by atoms with E-state index in [-0.39, 0.29) is 11.8 Å². The highest BCUT2D eigenvalue weighted by molar-refractivity contribution is 6.30. The fraction of sp³-hybridized carbons (Fsp3) is 0.588. The normalized spacial score (nSPS) is 16.3. The number of ether oxygens (including phenoxy) is 2. The summed E-state index contributed by atoms with van der Waals surface area (Å²) < 4.78 is 24.6. The van der Waals surface area contributed by atoms with Gasteiger partial charge in [-0.2, -0.15) is 0 Å². The standard InChI is InChI=1S/C17H23ClFNO3/c1-17(2,3)23-16(21)20-8-6-12(7-9-20)11-22-15-5-4-13(18)10-14(15)19/h4-5,10,12H,6-9,11H2,1-3H3. The zero-order valence-corrected chi connectivity index (χ0v) is 14.5. The van der Waals surface area contributed by atoms with Crippen LogP contribution in [0.3, 0.4) is 0 Å². The van der Waals surface area contributed by atoms with Crippen LogP contribution < -0.4 is 4.74 Å². The van der Waals surface area contributed by atoms with Crippen molar-refractivity contribution in [2.24, 2.45) is 5.92 Å². The quantitative estimate of drug-likeness (QED) is 0.810. The molecule has 1 aromatic rings. The Bertz CT molecular complexity index is 551. The van der Waals surface area contributed by atoms with Crippen LogP contribution in [0.4, 0.5) is 9.18 Å². The lowest BCUT2D eigenvalue weighted by atomic mass is 9.98. The molecular weight excluding hydrogens is 321 g/mol. The van der Waals surface area contributed by atoms with Crippen LogP contribution in [0.25, 0.3) is 0 Å². The van der Waals surface area contributed by atoms with Crippen molar-refractivity contribution in [2.45, 2.75) is 39.2 Å². The number of halogens is 2. The molecule has 0 saturated carbocycles. The number of nitrogens with zero attached hydrogens (tertiary/aromatic N) is 1. The van der Waals surface area contributed by atoms with Crippen LogP contribution in [0.1, 0.15) is 33.6 Å². The van der Waals surface area contributed by atoms with E-state index in [2.05, 4.69) is 0 Å². The first-order valence-corrected chi connectivity index (χ1v) is 8.18. The predicted octanol–water partition coefficient (Wildman–Crippen LogP) is 4.51. The zero-order valence-electron chi connectivity index (χ0n) is 13.8. The van der Waals surface area contributed by atoms with Gasteiger partial charge in [-0.05, 0) is 57.7 Å². The lowest BCUT2D eigenvalue weighted by Crippen LogP contribution is -2.42. The molecule has 128 valence electrons. The summed E-state index contributed by atoms with van der Waals surface area (Å²) in [5.41, 5.74) is -0.483. The van der Waals surface area contributed by atoms with E-state index in [1.54, 1.807) is 11.0 Å². The number of piperidine rings is 1. The largest absolute Gasteiger partial charge is 0.490 e. The van der Waals surface area contributed by atoms with Gasteiger partial charge in [-0.3, -0.25) is 0 Å². The first-order chi connectivity index (χ1) is 10.7. The van der Waals surface area contributed by atoms with Crippen molar-refractivity contribution in [2.75, 3.05) is 19.7 Å². The maximum absolute atomic E-state index is 13.7. The third-order valence-corrected chi connectivity index (χ3v) is 3.87. The Labute approximate surface area is 141 Å². The van der Waals surface area contributed by atoms with Gasteiger partial charge in [0.25, 0.3) is 0 Å². The van der Waals surface area contributed by atoms with Gasteiger partial charge in [-0.25, -0.2) is 9.18 Å². The minimum Gasteiger partial charge on any atom is -0.490 e. The van der Waals surface area contributed by atoms with Crippen molar-refractivity contribution in [3.63, 3.8) is 0 Å². The number of benzene rings is 1. The number of carbonyl (C=O) groups excluding carboxylic acids is 1. The molecule has 1 aliphatic heterocycles. The molecule has 0 unspecified atom stereocenters. The Morgan fingerprint density at radius 1 is 1.35 bits per heavy atom. The highest BCUT2D eigenvalue weighted by Crippen LogP contribution is 2.24. The van der Waals surface area contributed by atoms with Crippen molar-refractivity contribution < 1.29 is 18.7 Å². The molecule has 1 fully saturated rings. The second kappa shape index (κ2) is 7.39. The molecule has 4 nitrogen and oxygen atoms in total. The summed E-state index contributed by atoms with van der Waals surface area (Å²) in [4.78, 5) is 13.7. The van der Waals surface area contributed by atoms with E-state index >= 15 is 0 Å². The van der Waals surface area contributed by atoms with Crippen LogP contribution in [0.2, 0.25) is 5.02 Å². The van der Waals surface area contributed by atoms with Crippen LogP contribution in [0.5, 0.6) is 5.75 Å². The summed E-state index contributed by atoms with van der Waals surface area (Å²) in [6, 6.07) is 4.38. The summed E-state index contributed by atoms with van der Waals surface area (Å²) in [7, 11) is 0. The second-order valence-corrected chi connectivity index (χ2v) is 7.23. The Balaban J connectivity index is 1.77. The lowest BCUT2D eigenvalue weighted by Gasteiger charge is -2.33. The van der Waals surface area contributed by atoms with E-state index in [1.165, 1.54) is 12.1 Å². The molecule has 6 heteroatoms. The third kappa shape index (κ3) is 5.57. The molecule has 2 rings (SSSR count). The van der Waals surface area contributed by atoms with Crippen molar-refractivity contribution in [3.8, 4) is 5.75 Å². The monoisotopic (exact) mass is 343 g/mol. The molecule has 0 bridgehead atoms. The van der Waals surface area contributed by atoms with Crippen LogP contribution in [-0.2, 0) is 4.74 Å². The van der Waals surface area contributed by atoms with Gasteiger partial charge in [0.2, 0.25) is 0 Å². The molecule has 1 aromatic carbocycles. The van der Waals surface area contributed by atoms with Crippen LogP contribution in [0, 0.1) is 11.7 Å². The summed E-state index contributed by atoms with van der Waals surface area (Å²) >= 11 is 5.71. The maximum Gasteiger partial charge on any atom is 0.410 e. The number of hydrogen-bond acceptors (Lipinski definition) is 3. The molecule has 0 aromatic heterocycles. The number of carbonyl (C=O) groups is 1. The van der Waals surface area contributed by atoms with Crippen molar-refractivity contribution >= 4 is 17.7 Å².